The van der Waals surface area contributed by atoms with Crippen LogP contribution in [0.1, 0.15) is 40.5 Å². The van der Waals surface area contributed by atoms with Crippen LogP contribution in [0.2, 0.25) is 0 Å². The van der Waals surface area contributed by atoms with Gasteiger partial charge < -0.3 is 14.8 Å². The van der Waals surface area contributed by atoms with Gasteiger partial charge in [0, 0.05) is 26.4 Å². The van der Waals surface area contributed by atoms with Gasteiger partial charge in [-0.25, -0.2) is 0 Å². The molecule has 0 aromatic rings. The van der Waals surface area contributed by atoms with Crippen LogP contribution in [0.5, 0.6) is 0 Å². The summed E-state index contributed by atoms with van der Waals surface area (Å²) >= 11 is 0. The van der Waals surface area contributed by atoms with Crippen LogP contribution in [0.25, 0.3) is 0 Å². The normalized spacial score (nSPS) is 11.6. The molecule has 0 aliphatic rings. The highest BCUT2D eigenvalue weighted by atomic mass is 16.5. The molecule has 0 saturated heterocycles. The first-order chi connectivity index (χ1) is 8.13. The third kappa shape index (κ3) is 15.9. The minimum absolute atomic E-state index is 0.636. The van der Waals surface area contributed by atoms with Crippen LogP contribution in [0.4, 0.5) is 0 Å². The monoisotopic (exact) mass is 245 g/mol. The van der Waals surface area contributed by atoms with Crippen molar-refractivity contribution in [2.45, 2.75) is 40.5 Å². The minimum Gasteiger partial charge on any atom is -0.381 e. The van der Waals surface area contributed by atoms with Crippen molar-refractivity contribution in [3.8, 4) is 0 Å². The van der Waals surface area contributed by atoms with E-state index in [1.165, 1.54) is 0 Å². The molecule has 0 amide bonds. The highest BCUT2D eigenvalue weighted by Gasteiger charge is 1.95. The Bertz CT molecular complexity index is 133. The van der Waals surface area contributed by atoms with E-state index in [-0.39, 0.29) is 0 Å². The van der Waals surface area contributed by atoms with E-state index in [0.717, 1.165) is 58.3 Å². The van der Waals surface area contributed by atoms with Crippen LogP contribution in [0, 0.1) is 11.8 Å². The molecule has 0 aliphatic carbocycles. The summed E-state index contributed by atoms with van der Waals surface area (Å²) in [6.07, 6.45) is 2.24. The van der Waals surface area contributed by atoms with Crippen molar-refractivity contribution in [3.05, 3.63) is 0 Å². The van der Waals surface area contributed by atoms with Gasteiger partial charge in [0.05, 0.1) is 6.61 Å². The van der Waals surface area contributed by atoms with Crippen molar-refractivity contribution in [1.29, 1.82) is 0 Å². The van der Waals surface area contributed by atoms with Crippen molar-refractivity contribution < 1.29 is 9.47 Å². The van der Waals surface area contributed by atoms with Gasteiger partial charge in [-0.15, -0.1) is 0 Å². The molecule has 0 heterocycles. The Morgan fingerprint density at radius 2 is 1.59 bits per heavy atom. The summed E-state index contributed by atoms with van der Waals surface area (Å²) in [6.45, 7) is 14.2. The maximum absolute atomic E-state index is 5.51. The Morgan fingerprint density at radius 3 is 2.24 bits per heavy atom. The lowest BCUT2D eigenvalue weighted by Crippen LogP contribution is -2.22. The summed E-state index contributed by atoms with van der Waals surface area (Å²) in [5.41, 5.74) is 0. The van der Waals surface area contributed by atoms with Gasteiger partial charge >= 0.3 is 0 Å². The SMILES string of the molecule is CC(C)CCOCCNCCCOCC(C)C. The maximum Gasteiger partial charge on any atom is 0.0590 e. The van der Waals surface area contributed by atoms with E-state index < -0.39 is 0 Å². The summed E-state index contributed by atoms with van der Waals surface area (Å²) in [4.78, 5) is 0. The van der Waals surface area contributed by atoms with E-state index in [1.807, 2.05) is 0 Å². The van der Waals surface area contributed by atoms with Crippen molar-refractivity contribution in [2.75, 3.05) is 39.5 Å². The zero-order valence-electron chi connectivity index (χ0n) is 12.1. The van der Waals surface area contributed by atoms with E-state index in [4.69, 9.17) is 9.47 Å². The molecule has 0 aromatic carbocycles. The fourth-order valence-corrected chi connectivity index (χ4v) is 1.31. The second kappa shape index (κ2) is 12.3. The zero-order chi connectivity index (χ0) is 12.9. The number of rotatable bonds is 12. The lowest BCUT2D eigenvalue weighted by molar-refractivity contribution is 0.105. The van der Waals surface area contributed by atoms with Gasteiger partial charge in [-0.05, 0) is 31.2 Å². The van der Waals surface area contributed by atoms with Crippen LogP contribution < -0.4 is 5.32 Å². The molecule has 0 rings (SSSR count). The molecule has 0 aromatic heterocycles. The van der Waals surface area contributed by atoms with Crippen LogP contribution in [0.3, 0.4) is 0 Å². The van der Waals surface area contributed by atoms with E-state index in [2.05, 4.69) is 33.0 Å². The molecule has 0 unspecified atom stereocenters. The molecule has 3 nitrogen and oxygen atoms in total. The Kier molecular flexibility index (Phi) is 12.3. The average molecular weight is 245 g/mol. The fraction of sp³-hybridized carbons (Fsp3) is 1.00. The predicted molar refractivity (Wildman–Crippen MR) is 73.4 cm³/mol. The van der Waals surface area contributed by atoms with Crippen LogP contribution in [0.15, 0.2) is 0 Å². The van der Waals surface area contributed by atoms with Crippen molar-refractivity contribution in [1.82, 2.24) is 5.32 Å². The standard InChI is InChI=1S/C14H31NO2/c1-13(2)6-10-16-11-8-15-7-5-9-17-12-14(3)4/h13-15H,5-12H2,1-4H3. The van der Waals surface area contributed by atoms with Gasteiger partial charge in [-0.3, -0.25) is 0 Å². The molecule has 17 heavy (non-hydrogen) atoms. The summed E-state index contributed by atoms with van der Waals surface area (Å²) in [5.74, 6) is 1.37. The number of ether oxygens (including phenoxy) is 2. The first-order valence-electron chi connectivity index (χ1n) is 6.99. The zero-order valence-corrected chi connectivity index (χ0v) is 12.1. The third-order valence-electron chi connectivity index (χ3n) is 2.36. The molecule has 0 atom stereocenters. The first kappa shape index (κ1) is 16.9. The van der Waals surface area contributed by atoms with E-state index >= 15 is 0 Å². The van der Waals surface area contributed by atoms with Crippen LogP contribution in [-0.4, -0.2) is 39.5 Å². The summed E-state index contributed by atoms with van der Waals surface area (Å²) in [5, 5.41) is 3.36. The second-order valence-corrected chi connectivity index (χ2v) is 5.37. The fourth-order valence-electron chi connectivity index (χ4n) is 1.31. The number of hydrogen-bond donors (Lipinski definition) is 1. The molecule has 0 bridgehead atoms. The molecule has 104 valence electrons. The largest absolute Gasteiger partial charge is 0.381 e. The van der Waals surface area contributed by atoms with E-state index in [0.29, 0.717) is 5.92 Å². The summed E-state index contributed by atoms with van der Waals surface area (Å²) < 4.78 is 11.0. The second-order valence-electron chi connectivity index (χ2n) is 5.37. The van der Waals surface area contributed by atoms with Gasteiger partial charge in [-0.1, -0.05) is 27.7 Å². The molecule has 0 aliphatic heterocycles. The number of nitrogens with one attached hydrogen (secondary N) is 1. The van der Waals surface area contributed by atoms with E-state index in [1.54, 1.807) is 0 Å². The molecule has 1 N–H and O–H groups in total. The predicted octanol–water partition coefficient (Wildman–Crippen LogP) is 2.70. The lowest BCUT2D eigenvalue weighted by Gasteiger charge is -2.08. The molecular weight excluding hydrogens is 214 g/mol. The molecule has 0 saturated carbocycles. The molecule has 0 fully saturated rings. The topological polar surface area (TPSA) is 30.5 Å². The maximum atomic E-state index is 5.51. The highest BCUT2D eigenvalue weighted by molar-refractivity contribution is 4.48. The van der Waals surface area contributed by atoms with E-state index in [9.17, 15) is 0 Å². The number of hydrogen-bond acceptors (Lipinski definition) is 3. The molecular formula is C14H31NO2. The first-order valence-corrected chi connectivity index (χ1v) is 6.99. The van der Waals surface area contributed by atoms with Gasteiger partial charge in [0.25, 0.3) is 0 Å². The Balaban J connectivity index is 2.94. The average Bonchev–Trinajstić information content (AvgIpc) is 2.25. The van der Waals surface area contributed by atoms with Crippen molar-refractivity contribution in [3.63, 3.8) is 0 Å². The highest BCUT2D eigenvalue weighted by Crippen LogP contribution is 1.98. The smallest absolute Gasteiger partial charge is 0.0590 e. The lowest BCUT2D eigenvalue weighted by atomic mass is 10.1. The Morgan fingerprint density at radius 1 is 0.824 bits per heavy atom. The van der Waals surface area contributed by atoms with Gasteiger partial charge in [0.15, 0.2) is 0 Å². The summed E-state index contributed by atoms with van der Waals surface area (Å²) in [6, 6.07) is 0. The van der Waals surface area contributed by atoms with Crippen LogP contribution >= 0.6 is 0 Å². The Hall–Kier alpha value is -0.120. The summed E-state index contributed by atoms with van der Waals surface area (Å²) in [7, 11) is 0. The molecule has 0 spiro atoms. The molecule has 3 heteroatoms. The minimum atomic E-state index is 0.636. The quantitative estimate of drug-likeness (QED) is 0.536. The van der Waals surface area contributed by atoms with Gasteiger partial charge in [0.1, 0.15) is 0 Å². The van der Waals surface area contributed by atoms with Crippen molar-refractivity contribution >= 4 is 0 Å². The van der Waals surface area contributed by atoms with Crippen molar-refractivity contribution in [2.24, 2.45) is 11.8 Å². The van der Waals surface area contributed by atoms with Crippen LogP contribution in [-0.2, 0) is 9.47 Å². The third-order valence-corrected chi connectivity index (χ3v) is 2.36. The molecule has 0 radical (unpaired) electrons. The Labute approximate surface area is 107 Å². The van der Waals surface area contributed by atoms with Gasteiger partial charge in [0.2, 0.25) is 0 Å². The van der Waals surface area contributed by atoms with Gasteiger partial charge in [-0.2, -0.15) is 0 Å².